The van der Waals surface area contributed by atoms with Crippen LogP contribution in [-0.2, 0) is 13.1 Å². The lowest BCUT2D eigenvalue weighted by Gasteiger charge is -2.31. The van der Waals surface area contributed by atoms with E-state index in [0.717, 1.165) is 42.7 Å². The van der Waals surface area contributed by atoms with E-state index < -0.39 is 0 Å². The second-order valence-corrected chi connectivity index (χ2v) is 11.2. The average molecular weight is 486 g/mol. The van der Waals surface area contributed by atoms with Gasteiger partial charge in [0.05, 0.1) is 5.69 Å². The standard InChI is InChI=1S/C30H35N3OS/c1-22-3-5-25(6-4-22)21-33-17-18-35-29-12-9-26(19-28(29)33)30(34)31-27-10-7-24(8-11-27)20-32-15-13-23(2)14-16-32/h3-12,19,23H,13-18,20-21H2,1-2H3,(H,31,34). The Kier molecular flexibility index (Phi) is 7.45. The number of benzene rings is 3. The van der Waals surface area contributed by atoms with E-state index in [2.05, 4.69) is 77.5 Å². The molecule has 1 amide bonds. The Hall–Kier alpha value is -2.76. The maximum absolute atomic E-state index is 13.1. The monoisotopic (exact) mass is 485 g/mol. The molecule has 0 radical (unpaired) electrons. The number of likely N-dealkylation sites (tertiary alicyclic amines) is 1. The van der Waals surface area contributed by atoms with E-state index in [4.69, 9.17) is 0 Å². The summed E-state index contributed by atoms with van der Waals surface area (Å²) in [4.78, 5) is 19.3. The highest BCUT2D eigenvalue weighted by atomic mass is 32.2. The lowest BCUT2D eigenvalue weighted by atomic mass is 9.99. The quantitative estimate of drug-likeness (QED) is 0.427. The number of rotatable bonds is 6. The number of aryl methyl sites for hydroxylation is 1. The minimum absolute atomic E-state index is 0.0589. The molecular formula is C30H35N3OS. The van der Waals surface area contributed by atoms with E-state index in [1.165, 1.54) is 47.5 Å². The highest BCUT2D eigenvalue weighted by Gasteiger charge is 2.20. The minimum atomic E-state index is -0.0589. The van der Waals surface area contributed by atoms with Gasteiger partial charge in [0.1, 0.15) is 0 Å². The van der Waals surface area contributed by atoms with E-state index in [-0.39, 0.29) is 5.91 Å². The zero-order chi connectivity index (χ0) is 24.2. The van der Waals surface area contributed by atoms with E-state index >= 15 is 0 Å². The van der Waals surface area contributed by atoms with Gasteiger partial charge in [0.2, 0.25) is 0 Å². The van der Waals surface area contributed by atoms with Gasteiger partial charge in [-0.1, -0.05) is 48.9 Å². The van der Waals surface area contributed by atoms with Crippen LogP contribution < -0.4 is 10.2 Å². The Bertz CT molecular complexity index is 1150. The van der Waals surface area contributed by atoms with Crippen LogP contribution in [0.25, 0.3) is 0 Å². The number of fused-ring (bicyclic) bond motifs is 1. The van der Waals surface area contributed by atoms with Crippen molar-refractivity contribution in [2.75, 3.05) is 35.6 Å². The van der Waals surface area contributed by atoms with E-state index in [1.807, 2.05) is 30.0 Å². The SMILES string of the molecule is Cc1ccc(CN2CCSc3ccc(C(=O)Nc4ccc(CN5CCC(C)CC5)cc4)cc32)cc1. The Morgan fingerprint density at radius 1 is 0.914 bits per heavy atom. The van der Waals surface area contributed by atoms with Gasteiger partial charge in [0.15, 0.2) is 0 Å². The number of carbonyl (C=O) groups excluding carboxylic acids is 1. The molecule has 1 N–H and O–H groups in total. The number of hydrogen-bond acceptors (Lipinski definition) is 4. The molecule has 35 heavy (non-hydrogen) atoms. The van der Waals surface area contributed by atoms with Gasteiger partial charge in [-0.15, -0.1) is 11.8 Å². The molecule has 0 spiro atoms. The van der Waals surface area contributed by atoms with Crippen molar-refractivity contribution in [1.82, 2.24) is 4.90 Å². The molecule has 1 saturated heterocycles. The lowest BCUT2D eigenvalue weighted by Crippen LogP contribution is -2.32. The highest BCUT2D eigenvalue weighted by molar-refractivity contribution is 7.99. The Labute approximate surface area is 213 Å². The number of nitrogens with zero attached hydrogens (tertiary/aromatic N) is 2. The van der Waals surface area contributed by atoms with Crippen molar-refractivity contribution in [1.29, 1.82) is 0 Å². The molecule has 0 unspecified atom stereocenters. The summed E-state index contributed by atoms with van der Waals surface area (Å²) in [6.07, 6.45) is 2.58. The smallest absolute Gasteiger partial charge is 0.255 e. The molecule has 182 valence electrons. The molecule has 1 fully saturated rings. The minimum Gasteiger partial charge on any atom is -0.365 e. The number of amides is 1. The maximum Gasteiger partial charge on any atom is 0.255 e. The van der Waals surface area contributed by atoms with Crippen LogP contribution in [0.3, 0.4) is 0 Å². The summed E-state index contributed by atoms with van der Waals surface area (Å²) < 4.78 is 0. The second-order valence-electron chi connectivity index (χ2n) is 10.0. The second kappa shape index (κ2) is 10.9. The van der Waals surface area contributed by atoms with Crippen LogP contribution in [0, 0.1) is 12.8 Å². The van der Waals surface area contributed by atoms with Crippen molar-refractivity contribution in [3.05, 3.63) is 89.0 Å². The first-order valence-electron chi connectivity index (χ1n) is 12.7. The molecular weight excluding hydrogens is 450 g/mol. The first kappa shape index (κ1) is 24.0. The van der Waals surface area contributed by atoms with Crippen LogP contribution in [0.4, 0.5) is 11.4 Å². The predicted molar refractivity (Wildman–Crippen MR) is 147 cm³/mol. The zero-order valence-electron chi connectivity index (χ0n) is 20.8. The van der Waals surface area contributed by atoms with E-state index in [1.54, 1.807) is 0 Å². The van der Waals surface area contributed by atoms with Crippen LogP contribution >= 0.6 is 11.8 Å². The Morgan fingerprint density at radius 3 is 2.34 bits per heavy atom. The first-order chi connectivity index (χ1) is 17.0. The molecule has 0 aliphatic carbocycles. The number of hydrogen-bond donors (Lipinski definition) is 1. The summed E-state index contributed by atoms with van der Waals surface area (Å²) >= 11 is 1.87. The van der Waals surface area contributed by atoms with Crippen molar-refractivity contribution in [3.8, 4) is 0 Å². The third-order valence-electron chi connectivity index (χ3n) is 7.17. The predicted octanol–water partition coefficient (Wildman–Crippen LogP) is 6.59. The van der Waals surface area contributed by atoms with Crippen LogP contribution in [0.1, 0.15) is 46.8 Å². The first-order valence-corrected chi connectivity index (χ1v) is 13.7. The van der Waals surface area contributed by atoms with Gasteiger partial charge in [-0.25, -0.2) is 0 Å². The molecule has 4 nitrogen and oxygen atoms in total. The van der Waals surface area contributed by atoms with Crippen molar-refractivity contribution in [2.24, 2.45) is 5.92 Å². The van der Waals surface area contributed by atoms with Crippen molar-refractivity contribution in [3.63, 3.8) is 0 Å². The summed E-state index contributed by atoms with van der Waals surface area (Å²) in [6, 6.07) is 23.1. The van der Waals surface area contributed by atoms with Crippen LogP contribution in [0.5, 0.6) is 0 Å². The van der Waals surface area contributed by atoms with Gasteiger partial charge in [0, 0.05) is 41.5 Å². The normalized spacial score (nSPS) is 16.7. The number of anilines is 2. The van der Waals surface area contributed by atoms with E-state index in [9.17, 15) is 4.79 Å². The average Bonchev–Trinajstić information content (AvgIpc) is 2.88. The number of carbonyl (C=O) groups is 1. The van der Waals surface area contributed by atoms with Gasteiger partial charge >= 0.3 is 0 Å². The van der Waals surface area contributed by atoms with Crippen LogP contribution in [0.2, 0.25) is 0 Å². The number of thioether (sulfide) groups is 1. The third-order valence-corrected chi connectivity index (χ3v) is 8.21. The zero-order valence-corrected chi connectivity index (χ0v) is 21.6. The molecule has 0 bridgehead atoms. The fourth-order valence-electron chi connectivity index (χ4n) is 4.87. The van der Waals surface area contributed by atoms with Gasteiger partial charge in [0.25, 0.3) is 5.91 Å². The van der Waals surface area contributed by atoms with Gasteiger partial charge in [-0.3, -0.25) is 9.69 Å². The number of nitrogens with one attached hydrogen (secondary N) is 1. The maximum atomic E-state index is 13.1. The summed E-state index contributed by atoms with van der Waals surface area (Å²) in [6.45, 7) is 9.64. The summed E-state index contributed by atoms with van der Waals surface area (Å²) in [5.74, 6) is 1.85. The largest absolute Gasteiger partial charge is 0.365 e. The fourth-order valence-corrected chi connectivity index (χ4v) is 5.90. The Balaban J connectivity index is 1.24. The Morgan fingerprint density at radius 2 is 1.60 bits per heavy atom. The molecule has 3 aromatic rings. The molecule has 0 saturated carbocycles. The number of piperidine rings is 1. The van der Waals surface area contributed by atoms with Crippen molar-refractivity contribution in [2.45, 2.75) is 44.7 Å². The molecule has 2 heterocycles. The van der Waals surface area contributed by atoms with Crippen molar-refractivity contribution < 1.29 is 4.79 Å². The molecule has 2 aliphatic heterocycles. The highest BCUT2D eigenvalue weighted by Crippen LogP contribution is 2.36. The van der Waals surface area contributed by atoms with Gasteiger partial charge in [-0.05, 0) is 80.2 Å². The molecule has 0 atom stereocenters. The fraction of sp³-hybridized carbons (Fsp3) is 0.367. The summed E-state index contributed by atoms with van der Waals surface area (Å²) in [5.41, 5.74) is 6.57. The van der Waals surface area contributed by atoms with Gasteiger partial charge < -0.3 is 10.2 Å². The molecule has 2 aliphatic rings. The van der Waals surface area contributed by atoms with Crippen LogP contribution in [-0.4, -0.2) is 36.2 Å². The van der Waals surface area contributed by atoms with E-state index in [0.29, 0.717) is 5.56 Å². The molecule has 3 aromatic carbocycles. The van der Waals surface area contributed by atoms with Crippen LogP contribution in [0.15, 0.2) is 71.6 Å². The van der Waals surface area contributed by atoms with Gasteiger partial charge in [-0.2, -0.15) is 0 Å². The molecule has 5 rings (SSSR count). The third kappa shape index (κ3) is 6.09. The molecule has 0 aromatic heterocycles. The van der Waals surface area contributed by atoms with Crippen molar-refractivity contribution >= 4 is 29.0 Å². The lowest BCUT2D eigenvalue weighted by molar-refractivity contribution is 0.102. The summed E-state index contributed by atoms with van der Waals surface area (Å²) in [5, 5.41) is 3.09. The topological polar surface area (TPSA) is 35.6 Å². The summed E-state index contributed by atoms with van der Waals surface area (Å²) in [7, 11) is 0. The molecule has 5 heteroatoms.